The number of imidazole rings is 1. The summed E-state index contributed by atoms with van der Waals surface area (Å²) in [6.45, 7) is 6.43. The number of hydrogen-bond acceptors (Lipinski definition) is 3. The molecule has 1 aliphatic rings. The predicted molar refractivity (Wildman–Crippen MR) is 62.0 cm³/mol. The van der Waals surface area contributed by atoms with Gasteiger partial charge in [-0.3, -0.25) is 0 Å². The maximum Gasteiger partial charge on any atom is 0.205 e. The highest BCUT2D eigenvalue weighted by Gasteiger charge is 2.20. The Balaban J connectivity index is 2.12. The van der Waals surface area contributed by atoms with Crippen LogP contribution in [-0.4, -0.2) is 28.7 Å². The first-order valence-electron chi connectivity index (χ1n) is 5.72. The standard InChI is InChI=1S/C11H20N4/c1-9(2)15-8-5-13-11(15)14-6-3-10(12)4-7-14/h5,8-10H,3-4,6-7,12H2,1-2H3. The van der Waals surface area contributed by atoms with Crippen LogP contribution in [0.25, 0.3) is 0 Å². The minimum absolute atomic E-state index is 0.378. The SMILES string of the molecule is CC(C)n1ccnc1N1CCC(N)CC1. The molecule has 2 rings (SSSR count). The van der Waals surface area contributed by atoms with Gasteiger partial charge < -0.3 is 15.2 Å². The van der Waals surface area contributed by atoms with Crippen molar-refractivity contribution in [3.05, 3.63) is 12.4 Å². The summed E-state index contributed by atoms with van der Waals surface area (Å²) < 4.78 is 2.22. The van der Waals surface area contributed by atoms with Crippen molar-refractivity contribution in [1.82, 2.24) is 9.55 Å². The van der Waals surface area contributed by atoms with Crippen molar-refractivity contribution in [1.29, 1.82) is 0 Å². The number of nitrogens with zero attached hydrogens (tertiary/aromatic N) is 3. The Hall–Kier alpha value is -1.03. The van der Waals surface area contributed by atoms with Crippen LogP contribution >= 0.6 is 0 Å². The summed E-state index contributed by atoms with van der Waals surface area (Å²) in [6.07, 6.45) is 6.08. The molecule has 15 heavy (non-hydrogen) atoms. The van der Waals surface area contributed by atoms with Gasteiger partial charge in [0.1, 0.15) is 0 Å². The summed E-state index contributed by atoms with van der Waals surface area (Å²) >= 11 is 0. The van der Waals surface area contributed by atoms with E-state index in [9.17, 15) is 0 Å². The van der Waals surface area contributed by atoms with Gasteiger partial charge in [-0.1, -0.05) is 0 Å². The molecule has 2 N–H and O–H groups in total. The van der Waals surface area contributed by atoms with Gasteiger partial charge in [-0.15, -0.1) is 0 Å². The maximum absolute atomic E-state index is 5.89. The highest BCUT2D eigenvalue weighted by Crippen LogP contribution is 2.20. The molecule has 1 aromatic heterocycles. The lowest BCUT2D eigenvalue weighted by molar-refractivity contribution is 0.482. The van der Waals surface area contributed by atoms with Crippen LogP contribution in [0.4, 0.5) is 5.95 Å². The second kappa shape index (κ2) is 4.23. The summed E-state index contributed by atoms with van der Waals surface area (Å²) in [7, 11) is 0. The van der Waals surface area contributed by atoms with Gasteiger partial charge in [-0.25, -0.2) is 4.98 Å². The third-order valence-corrected chi connectivity index (χ3v) is 3.03. The molecule has 0 atom stereocenters. The smallest absolute Gasteiger partial charge is 0.205 e. The molecular formula is C11H20N4. The molecule has 84 valence electrons. The average Bonchev–Trinajstić information content (AvgIpc) is 2.67. The van der Waals surface area contributed by atoms with Crippen molar-refractivity contribution in [2.75, 3.05) is 18.0 Å². The quantitative estimate of drug-likeness (QED) is 0.799. The van der Waals surface area contributed by atoms with E-state index < -0.39 is 0 Å². The Morgan fingerprint density at radius 2 is 2.07 bits per heavy atom. The molecule has 4 nitrogen and oxygen atoms in total. The maximum atomic E-state index is 5.89. The van der Waals surface area contributed by atoms with Crippen LogP contribution in [0, 0.1) is 0 Å². The second-order valence-electron chi connectivity index (χ2n) is 4.55. The van der Waals surface area contributed by atoms with Gasteiger partial charge in [-0.05, 0) is 26.7 Å². The Morgan fingerprint density at radius 3 is 2.67 bits per heavy atom. The molecule has 2 heterocycles. The minimum Gasteiger partial charge on any atom is -0.342 e. The molecule has 4 heteroatoms. The van der Waals surface area contributed by atoms with Gasteiger partial charge >= 0.3 is 0 Å². The van der Waals surface area contributed by atoms with E-state index in [0.717, 1.165) is 31.9 Å². The van der Waals surface area contributed by atoms with Crippen molar-refractivity contribution >= 4 is 5.95 Å². The normalized spacial score (nSPS) is 18.8. The molecule has 0 radical (unpaired) electrons. The van der Waals surface area contributed by atoms with E-state index in [1.165, 1.54) is 0 Å². The van der Waals surface area contributed by atoms with Crippen LogP contribution < -0.4 is 10.6 Å². The number of hydrogen-bond donors (Lipinski definition) is 1. The molecule has 1 fully saturated rings. The van der Waals surface area contributed by atoms with Crippen molar-refractivity contribution < 1.29 is 0 Å². The van der Waals surface area contributed by atoms with Crippen molar-refractivity contribution in [2.24, 2.45) is 5.73 Å². The van der Waals surface area contributed by atoms with Gasteiger partial charge in [0.15, 0.2) is 0 Å². The summed E-state index contributed by atoms with van der Waals surface area (Å²) in [6, 6.07) is 0.849. The molecule has 0 unspecified atom stereocenters. The zero-order valence-electron chi connectivity index (χ0n) is 9.56. The van der Waals surface area contributed by atoms with E-state index in [1.54, 1.807) is 0 Å². The molecule has 0 bridgehead atoms. The first-order valence-corrected chi connectivity index (χ1v) is 5.72. The highest BCUT2D eigenvalue weighted by molar-refractivity contribution is 5.32. The van der Waals surface area contributed by atoms with Crippen molar-refractivity contribution in [3.63, 3.8) is 0 Å². The minimum atomic E-state index is 0.378. The van der Waals surface area contributed by atoms with Crippen molar-refractivity contribution in [3.8, 4) is 0 Å². The monoisotopic (exact) mass is 208 g/mol. The number of rotatable bonds is 2. The van der Waals surface area contributed by atoms with Gasteiger partial charge in [0.2, 0.25) is 5.95 Å². The van der Waals surface area contributed by atoms with E-state index in [0.29, 0.717) is 12.1 Å². The Labute approximate surface area is 91.1 Å². The van der Waals surface area contributed by atoms with Crippen LogP contribution in [-0.2, 0) is 0 Å². The summed E-state index contributed by atoms with van der Waals surface area (Å²) in [4.78, 5) is 6.77. The van der Waals surface area contributed by atoms with Crippen LogP contribution in [0.3, 0.4) is 0 Å². The number of piperidine rings is 1. The fraction of sp³-hybridized carbons (Fsp3) is 0.727. The molecule has 1 saturated heterocycles. The third-order valence-electron chi connectivity index (χ3n) is 3.03. The third kappa shape index (κ3) is 2.15. The largest absolute Gasteiger partial charge is 0.342 e. The fourth-order valence-corrected chi connectivity index (χ4v) is 2.05. The number of nitrogens with two attached hydrogens (primary N) is 1. The molecule has 0 aliphatic carbocycles. The first-order chi connectivity index (χ1) is 7.18. The van der Waals surface area contributed by atoms with E-state index in [-0.39, 0.29) is 0 Å². The number of aromatic nitrogens is 2. The molecule has 0 aromatic carbocycles. The lowest BCUT2D eigenvalue weighted by Gasteiger charge is -2.31. The molecule has 0 spiro atoms. The van der Waals surface area contributed by atoms with Gasteiger partial charge in [0.25, 0.3) is 0 Å². The highest BCUT2D eigenvalue weighted by atomic mass is 15.3. The molecule has 1 aliphatic heterocycles. The van der Waals surface area contributed by atoms with Crippen molar-refractivity contribution in [2.45, 2.75) is 38.8 Å². The summed E-state index contributed by atoms with van der Waals surface area (Å²) in [5, 5.41) is 0. The van der Waals surface area contributed by atoms with Crippen LogP contribution in [0.2, 0.25) is 0 Å². The summed E-state index contributed by atoms with van der Waals surface area (Å²) in [5.41, 5.74) is 5.89. The average molecular weight is 208 g/mol. The summed E-state index contributed by atoms with van der Waals surface area (Å²) in [5.74, 6) is 1.09. The molecule has 0 saturated carbocycles. The zero-order chi connectivity index (χ0) is 10.8. The molecule has 1 aromatic rings. The van der Waals surface area contributed by atoms with Crippen LogP contribution in [0.1, 0.15) is 32.7 Å². The molecule has 0 amide bonds. The molecular weight excluding hydrogens is 188 g/mol. The van der Waals surface area contributed by atoms with Gasteiger partial charge in [0, 0.05) is 37.6 Å². The fourth-order valence-electron chi connectivity index (χ4n) is 2.05. The topological polar surface area (TPSA) is 47.1 Å². The lowest BCUT2D eigenvalue weighted by atomic mass is 10.1. The van der Waals surface area contributed by atoms with Gasteiger partial charge in [0.05, 0.1) is 0 Å². The van der Waals surface area contributed by atoms with E-state index in [2.05, 4.69) is 34.5 Å². The second-order valence-corrected chi connectivity index (χ2v) is 4.55. The Bertz CT molecular complexity index is 310. The van der Waals surface area contributed by atoms with Gasteiger partial charge in [-0.2, -0.15) is 0 Å². The first kappa shape index (κ1) is 10.5. The van der Waals surface area contributed by atoms with E-state index in [4.69, 9.17) is 5.73 Å². The Morgan fingerprint density at radius 1 is 1.40 bits per heavy atom. The van der Waals surface area contributed by atoms with Crippen LogP contribution in [0.15, 0.2) is 12.4 Å². The lowest BCUT2D eigenvalue weighted by Crippen LogP contribution is -2.41. The number of anilines is 1. The predicted octanol–water partition coefficient (Wildman–Crippen LogP) is 1.39. The van der Waals surface area contributed by atoms with E-state index >= 15 is 0 Å². The zero-order valence-corrected chi connectivity index (χ0v) is 9.56. The Kier molecular flexibility index (Phi) is 2.95. The van der Waals surface area contributed by atoms with E-state index in [1.807, 2.05) is 6.20 Å². The van der Waals surface area contributed by atoms with Crippen LogP contribution in [0.5, 0.6) is 0 Å².